The van der Waals surface area contributed by atoms with Gasteiger partial charge in [-0.3, -0.25) is 0 Å². The van der Waals surface area contributed by atoms with Crippen molar-refractivity contribution in [2.24, 2.45) is 5.92 Å². The third-order valence-electron chi connectivity index (χ3n) is 2.87. The van der Waals surface area contributed by atoms with Gasteiger partial charge in [-0.15, -0.1) is 5.10 Å². The van der Waals surface area contributed by atoms with Crippen molar-refractivity contribution in [2.75, 3.05) is 13.2 Å². The van der Waals surface area contributed by atoms with Gasteiger partial charge >= 0.3 is 0 Å². The number of nitrogens with zero attached hydrogens (tertiary/aromatic N) is 3. The summed E-state index contributed by atoms with van der Waals surface area (Å²) in [7, 11) is 0. The van der Waals surface area contributed by atoms with Crippen molar-refractivity contribution in [2.45, 2.75) is 27.3 Å². The lowest BCUT2D eigenvalue weighted by Crippen LogP contribution is -2.20. The number of hydrogen-bond acceptors (Lipinski definition) is 4. The van der Waals surface area contributed by atoms with E-state index < -0.39 is 0 Å². The molecule has 2 aromatic rings. The van der Waals surface area contributed by atoms with Crippen molar-refractivity contribution < 1.29 is 4.74 Å². The van der Waals surface area contributed by atoms with Crippen LogP contribution < -0.4 is 10.1 Å². The van der Waals surface area contributed by atoms with E-state index in [2.05, 4.69) is 29.5 Å². The lowest BCUT2D eigenvalue weighted by molar-refractivity contribution is 0.340. The van der Waals surface area contributed by atoms with Crippen LogP contribution in [0.5, 0.6) is 5.75 Å². The fraction of sp³-hybridized carbons (Fsp3) is 0.467. The number of ether oxygens (including phenoxy) is 1. The normalized spacial score (nSPS) is 11.0. The first-order valence-electron chi connectivity index (χ1n) is 7.04. The van der Waals surface area contributed by atoms with E-state index in [4.69, 9.17) is 4.74 Å². The van der Waals surface area contributed by atoms with Gasteiger partial charge in [-0.05, 0) is 43.7 Å². The second kappa shape index (κ2) is 7.05. The maximum absolute atomic E-state index is 5.44. The van der Waals surface area contributed by atoms with Gasteiger partial charge in [0.05, 0.1) is 24.2 Å². The zero-order chi connectivity index (χ0) is 14.4. The molecule has 5 nitrogen and oxygen atoms in total. The van der Waals surface area contributed by atoms with E-state index in [1.165, 1.54) is 0 Å². The van der Waals surface area contributed by atoms with Gasteiger partial charge in [0.15, 0.2) is 0 Å². The van der Waals surface area contributed by atoms with Gasteiger partial charge in [0.1, 0.15) is 5.75 Å². The maximum Gasteiger partial charge on any atom is 0.119 e. The molecule has 0 bridgehead atoms. The first-order valence-corrected chi connectivity index (χ1v) is 7.04. The summed E-state index contributed by atoms with van der Waals surface area (Å²) in [5, 5.41) is 11.5. The van der Waals surface area contributed by atoms with Gasteiger partial charge in [0.2, 0.25) is 0 Å². The Kier molecular flexibility index (Phi) is 5.12. The van der Waals surface area contributed by atoms with E-state index in [1.54, 1.807) is 6.20 Å². The van der Waals surface area contributed by atoms with E-state index >= 15 is 0 Å². The molecular weight excluding hydrogens is 252 g/mol. The fourth-order valence-corrected chi connectivity index (χ4v) is 1.93. The SMILES string of the molecule is CCOc1ccc(-n2nncc2CNCC(C)C)cc1. The van der Waals surface area contributed by atoms with Crippen LogP contribution in [0.15, 0.2) is 30.5 Å². The summed E-state index contributed by atoms with van der Waals surface area (Å²) < 4.78 is 7.29. The van der Waals surface area contributed by atoms with Crippen LogP contribution in [0.4, 0.5) is 0 Å². The van der Waals surface area contributed by atoms with Crippen LogP contribution in [0.25, 0.3) is 5.69 Å². The summed E-state index contributed by atoms with van der Waals surface area (Å²) in [6.45, 7) is 8.77. The average Bonchev–Trinajstić information content (AvgIpc) is 2.88. The maximum atomic E-state index is 5.44. The Balaban J connectivity index is 2.06. The summed E-state index contributed by atoms with van der Waals surface area (Å²) in [4.78, 5) is 0. The zero-order valence-corrected chi connectivity index (χ0v) is 12.3. The molecule has 1 aromatic carbocycles. The van der Waals surface area contributed by atoms with Crippen LogP contribution in [-0.4, -0.2) is 28.1 Å². The van der Waals surface area contributed by atoms with Gasteiger partial charge in [-0.25, -0.2) is 4.68 Å². The second-order valence-electron chi connectivity index (χ2n) is 5.09. The molecule has 0 unspecified atom stereocenters. The lowest BCUT2D eigenvalue weighted by atomic mass is 10.2. The van der Waals surface area contributed by atoms with Gasteiger partial charge < -0.3 is 10.1 Å². The van der Waals surface area contributed by atoms with Gasteiger partial charge in [-0.1, -0.05) is 19.1 Å². The van der Waals surface area contributed by atoms with E-state index in [0.717, 1.165) is 30.2 Å². The van der Waals surface area contributed by atoms with Crippen LogP contribution in [0.2, 0.25) is 0 Å². The topological polar surface area (TPSA) is 52.0 Å². The van der Waals surface area contributed by atoms with E-state index in [0.29, 0.717) is 12.5 Å². The highest BCUT2D eigenvalue weighted by molar-refractivity contribution is 5.37. The highest BCUT2D eigenvalue weighted by Crippen LogP contribution is 2.15. The summed E-state index contributed by atoms with van der Waals surface area (Å²) in [5.74, 6) is 1.50. The second-order valence-corrected chi connectivity index (χ2v) is 5.09. The monoisotopic (exact) mass is 274 g/mol. The summed E-state index contributed by atoms with van der Waals surface area (Å²) in [6, 6.07) is 7.88. The van der Waals surface area contributed by atoms with E-state index in [1.807, 2.05) is 35.9 Å². The number of aromatic nitrogens is 3. The molecule has 0 atom stereocenters. The zero-order valence-electron chi connectivity index (χ0n) is 12.3. The van der Waals surface area contributed by atoms with Crippen LogP contribution in [0.1, 0.15) is 26.5 Å². The summed E-state index contributed by atoms with van der Waals surface area (Å²) >= 11 is 0. The number of rotatable bonds is 7. The smallest absolute Gasteiger partial charge is 0.119 e. The van der Waals surface area contributed by atoms with Crippen LogP contribution in [0, 0.1) is 5.92 Å². The Morgan fingerprint density at radius 3 is 2.65 bits per heavy atom. The van der Waals surface area contributed by atoms with E-state index in [9.17, 15) is 0 Å². The van der Waals surface area contributed by atoms with Crippen molar-refractivity contribution in [1.29, 1.82) is 0 Å². The first-order chi connectivity index (χ1) is 9.70. The fourth-order valence-electron chi connectivity index (χ4n) is 1.93. The Labute approximate surface area is 120 Å². The van der Waals surface area contributed by atoms with Crippen molar-refractivity contribution in [1.82, 2.24) is 20.3 Å². The Morgan fingerprint density at radius 1 is 1.25 bits per heavy atom. The summed E-state index contributed by atoms with van der Waals surface area (Å²) in [6.07, 6.45) is 1.80. The minimum atomic E-state index is 0.629. The molecule has 0 aliphatic heterocycles. The number of hydrogen-bond donors (Lipinski definition) is 1. The largest absolute Gasteiger partial charge is 0.494 e. The first kappa shape index (κ1) is 14.5. The average molecular weight is 274 g/mol. The Morgan fingerprint density at radius 2 is 2.00 bits per heavy atom. The van der Waals surface area contributed by atoms with Gasteiger partial charge in [0, 0.05) is 6.54 Å². The Hall–Kier alpha value is -1.88. The molecule has 0 radical (unpaired) electrons. The lowest BCUT2D eigenvalue weighted by Gasteiger charge is -2.10. The van der Waals surface area contributed by atoms with Crippen molar-refractivity contribution >= 4 is 0 Å². The highest BCUT2D eigenvalue weighted by Gasteiger charge is 2.06. The van der Waals surface area contributed by atoms with Gasteiger partial charge in [0.25, 0.3) is 0 Å². The van der Waals surface area contributed by atoms with E-state index in [-0.39, 0.29) is 0 Å². The van der Waals surface area contributed by atoms with Crippen LogP contribution in [-0.2, 0) is 6.54 Å². The highest BCUT2D eigenvalue weighted by atomic mass is 16.5. The quantitative estimate of drug-likeness (QED) is 0.842. The Bertz CT molecular complexity index is 519. The van der Waals surface area contributed by atoms with Gasteiger partial charge in [-0.2, -0.15) is 0 Å². The van der Waals surface area contributed by atoms with Crippen molar-refractivity contribution in [3.8, 4) is 11.4 Å². The molecule has 0 aliphatic rings. The standard InChI is InChI=1S/C15H22N4O/c1-4-20-15-7-5-13(6-8-15)19-14(11-17-18-19)10-16-9-12(2)3/h5-8,11-12,16H,4,9-10H2,1-3H3. The third-order valence-corrected chi connectivity index (χ3v) is 2.87. The molecule has 1 N–H and O–H groups in total. The molecule has 0 spiro atoms. The minimum Gasteiger partial charge on any atom is -0.494 e. The molecule has 108 valence electrons. The van der Waals surface area contributed by atoms with Crippen molar-refractivity contribution in [3.05, 3.63) is 36.2 Å². The molecule has 0 saturated heterocycles. The number of nitrogens with one attached hydrogen (secondary N) is 1. The summed E-state index contributed by atoms with van der Waals surface area (Å²) in [5.41, 5.74) is 2.04. The van der Waals surface area contributed by atoms with Crippen LogP contribution >= 0.6 is 0 Å². The van der Waals surface area contributed by atoms with Crippen LogP contribution in [0.3, 0.4) is 0 Å². The molecule has 5 heteroatoms. The molecule has 0 amide bonds. The molecular formula is C15H22N4O. The molecule has 2 rings (SSSR count). The molecule has 0 saturated carbocycles. The number of benzene rings is 1. The third kappa shape index (κ3) is 3.81. The predicted octanol–water partition coefficient (Wildman–Crippen LogP) is 2.41. The molecule has 20 heavy (non-hydrogen) atoms. The van der Waals surface area contributed by atoms with Crippen molar-refractivity contribution in [3.63, 3.8) is 0 Å². The molecule has 0 fully saturated rings. The minimum absolute atomic E-state index is 0.629. The molecule has 0 aliphatic carbocycles. The molecule has 1 heterocycles. The molecule has 1 aromatic heterocycles. The predicted molar refractivity (Wildman–Crippen MR) is 79.1 cm³/mol.